The Labute approximate surface area is 190 Å². The van der Waals surface area contributed by atoms with Crippen LogP contribution in [-0.4, -0.2) is 45.8 Å². The SMILES string of the molecule is O=C(c1cccc([N+](=O)[O-])c1)[C@H]1[C@H]2C(=O)N(c3ccc(Br)cc3)C(=O)[C@H]2[C@@H]2C=CC=NN21. The van der Waals surface area contributed by atoms with Gasteiger partial charge in [0.15, 0.2) is 5.78 Å². The van der Waals surface area contributed by atoms with Crippen molar-refractivity contribution in [2.24, 2.45) is 16.9 Å². The van der Waals surface area contributed by atoms with E-state index >= 15 is 0 Å². The van der Waals surface area contributed by atoms with E-state index in [2.05, 4.69) is 21.0 Å². The predicted octanol–water partition coefficient (Wildman–Crippen LogP) is 2.95. The van der Waals surface area contributed by atoms with Crippen LogP contribution in [0.4, 0.5) is 11.4 Å². The number of hydrogen-bond acceptors (Lipinski definition) is 7. The van der Waals surface area contributed by atoms with Crippen molar-refractivity contribution in [2.45, 2.75) is 12.1 Å². The number of nitro groups is 1. The monoisotopic (exact) mass is 494 g/mol. The van der Waals surface area contributed by atoms with E-state index in [0.717, 1.165) is 9.37 Å². The van der Waals surface area contributed by atoms with Gasteiger partial charge in [-0.3, -0.25) is 29.5 Å². The van der Waals surface area contributed by atoms with Gasteiger partial charge in [-0.1, -0.05) is 34.1 Å². The molecule has 2 saturated heterocycles. The summed E-state index contributed by atoms with van der Waals surface area (Å²) in [5, 5.41) is 16.9. The molecule has 160 valence electrons. The fraction of sp³-hybridized carbons (Fsp3) is 0.182. The number of fused-ring (bicyclic) bond motifs is 3. The zero-order valence-electron chi connectivity index (χ0n) is 16.4. The van der Waals surface area contributed by atoms with E-state index in [0.29, 0.717) is 5.69 Å². The molecule has 2 amide bonds. The van der Waals surface area contributed by atoms with Crippen molar-refractivity contribution in [1.82, 2.24) is 5.01 Å². The second-order valence-corrected chi connectivity index (χ2v) is 8.59. The number of hydrogen-bond donors (Lipinski definition) is 0. The minimum atomic E-state index is -1.05. The van der Waals surface area contributed by atoms with Crippen LogP contribution >= 0.6 is 15.9 Å². The molecule has 4 atom stereocenters. The van der Waals surface area contributed by atoms with Crippen LogP contribution in [0.25, 0.3) is 0 Å². The Hall–Kier alpha value is -3.66. The Morgan fingerprint density at radius 1 is 1.06 bits per heavy atom. The topological polar surface area (TPSA) is 113 Å². The number of rotatable bonds is 4. The summed E-state index contributed by atoms with van der Waals surface area (Å²) in [6, 6.07) is 10.5. The quantitative estimate of drug-likeness (QED) is 0.279. The van der Waals surface area contributed by atoms with E-state index in [1.165, 1.54) is 35.5 Å². The first-order valence-corrected chi connectivity index (χ1v) is 10.6. The molecule has 3 aliphatic rings. The number of non-ortho nitro benzene ring substituents is 1. The van der Waals surface area contributed by atoms with Gasteiger partial charge in [0.2, 0.25) is 11.8 Å². The highest BCUT2D eigenvalue weighted by molar-refractivity contribution is 9.10. The second-order valence-electron chi connectivity index (χ2n) is 7.68. The molecule has 0 spiro atoms. The van der Waals surface area contributed by atoms with Gasteiger partial charge in [-0.2, -0.15) is 5.10 Å². The minimum absolute atomic E-state index is 0.0932. The third-order valence-electron chi connectivity index (χ3n) is 5.99. The maximum absolute atomic E-state index is 13.5. The summed E-state index contributed by atoms with van der Waals surface area (Å²) in [7, 11) is 0. The zero-order valence-corrected chi connectivity index (χ0v) is 18.0. The van der Waals surface area contributed by atoms with Gasteiger partial charge < -0.3 is 0 Å². The fourth-order valence-electron chi connectivity index (χ4n) is 4.63. The molecule has 9 nitrogen and oxygen atoms in total. The zero-order chi connectivity index (χ0) is 22.6. The molecule has 10 heteroatoms. The molecule has 0 saturated carbocycles. The maximum Gasteiger partial charge on any atom is 0.270 e. The van der Waals surface area contributed by atoms with Gasteiger partial charge in [-0.05, 0) is 30.3 Å². The second kappa shape index (κ2) is 7.49. The van der Waals surface area contributed by atoms with Crippen LogP contribution < -0.4 is 4.90 Å². The van der Waals surface area contributed by atoms with E-state index < -0.39 is 46.4 Å². The first-order chi connectivity index (χ1) is 15.4. The summed E-state index contributed by atoms with van der Waals surface area (Å²) in [6.07, 6.45) is 4.92. The number of ketones is 1. The Kier molecular flexibility index (Phi) is 4.74. The molecule has 0 bridgehead atoms. The minimum Gasteiger partial charge on any atom is -0.292 e. The highest BCUT2D eigenvalue weighted by atomic mass is 79.9. The van der Waals surface area contributed by atoms with Crippen LogP contribution in [0.2, 0.25) is 0 Å². The normalized spacial score (nSPS) is 25.8. The fourth-order valence-corrected chi connectivity index (χ4v) is 4.89. The summed E-state index contributed by atoms with van der Waals surface area (Å²) in [5.74, 6) is -3.11. The van der Waals surface area contributed by atoms with E-state index in [9.17, 15) is 24.5 Å². The Morgan fingerprint density at radius 3 is 2.50 bits per heavy atom. The molecule has 32 heavy (non-hydrogen) atoms. The Morgan fingerprint density at radius 2 is 1.78 bits per heavy atom. The van der Waals surface area contributed by atoms with E-state index in [4.69, 9.17) is 0 Å². The molecule has 0 aromatic heterocycles. The van der Waals surface area contributed by atoms with Crippen molar-refractivity contribution >= 4 is 51.1 Å². The van der Waals surface area contributed by atoms with E-state index in [1.54, 1.807) is 36.4 Å². The number of benzene rings is 2. The van der Waals surface area contributed by atoms with Gasteiger partial charge in [0.1, 0.15) is 6.04 Å². The molecule has 0 radical (unpaired) electrons. The summed E-state index contributed by atoms with van der Waals surface area (Å²) in [6.45, 7) is 0. The molecule has 2 aromatic rings. The van der Waals surface area contributed by atoms with Crippen LogP contribution in [-0.2, 0) is 9.59 Å². The Balaban J connectivity index is 1.57. The van der Waals surface area contributed by atoms with Crippen LogP contribution in [0, 0.1) is 22.0 Å². The molecule has 3 heterocycles. The lowest BCUT2D eigenvalue weighted by Crippen LogP contribution is -2.46. The van der Waals surface area contributed by atoms with Gasteiger partial charge in [0.05, 0.1) is 28.5 Å². The lowest BCUT2D eigenvalue weighted by Gasteiger charge is -2.30. The number of nitrogens with zero attached hydrogens (tertiary/aromatic N) is 4. The van der Waals surface area contributed by atoms with Crippen molar-refractivity contribution in [2.75, 3.05) is 4.90 Å². The predicted molar refractivity (Wildman–Crippen MR) is 118 cm³/mol. The van der Waals surface area contributed by atoms with Crippen molar-refractivity contribution < 1.29 is 19.3 Å². The summed E-state index contributed by atoms with van der Waals surface area (Å²) in [4.78, 5) is 52.1. The van der Waals surface area contributed by atoms with Gasteiger partial charge in [0, 0.05) is 28.4 Å². The lowest BCUT2D eigenvalue weighted by atomic mass is 9.86. The van der Waals surface area contributed by atoms with Crippen molar-refractivity contribution in [3.63, 3.8) is 0 Å². The smallest absolute Gasteiger partial charge is 0.270 e. The van der Waals surface area contributed by atoms with Crippen molar-refractivity contribution in [1.29, 1.82) is 0 Å². The first kappa shape index (κ1) is 20.3. The number of nitro benzene ring substituents is 1. The molecule has 0 unspecified atom stereocenters. The molecular weight excluding hydrogens is 480 g/mol. The number of Topliss-reactive ketones (excluding diaryl/α,β-unsaturated/α-hetero) is 1. The largest absolute Gasteiger partial charge is 0.292 e. The number of halogens is 1. The molecular formula is C22H15BrN4O5. The summed E-state index contributed by atoms with van der Waals surface area (Å²) < 4.78 is 0.801. The van der Waals surface area contributed by atoms with Gasteiger partial charge in [-0.25, -0.2) is 4.90 Å². The van der Waals surface area contributed by atoms with Crippen LogP contribution in [0.5, 0.6) is 0 Å². The standard InChI is InChI=1S/C22H15BrN4O5/c23-13-6-8-14(9-7-13)25-21(29)17-16-5-2-10-24-26(16)19(18(17)22(25)30)20(28)12-3-1-4-15(11-12)27(31)32/h1-11,16-19H/t16-,17-,18-,19+/m0/s1. The van der Waals surface area contributed by atoms with Crippen LogP contribution in [0.3, 0.4) is 0 Å². The van der Waals surface area contributed by atoms with Crippen LogP contribution in [0.1, 0.15) is 10.4 Å². The molecule has 0 N–H and O–H groups in total. The average molecular weight is 495 g/mol. The molecule has 2 fully saturated rings. The number of carbonyl (C=O) groups is 3. The number of carbonyl (C=O) groups excluding carboxylic acids is 3. The average Bonchev–Trinajstić information content (AvgIpc) is 3.27. The van der Waals surface area contributed by atoms with Crippen molar-refractivity contribution in [3.8, 4) is 0 Å². The molecule has 2 aromatic carbocycles. The van der Waals surface area contributed by atoms with E-state index in [1.807, 2.05) is 0 Å². The number of hydrazone groups is 1. The molecule has 3 aliphatic heterocycles. The van der Waals surface area contributed by atoms with Gasteiger partial charge in [0.25, 0.3) is 5.69 Å². The third-order valence-corrected chi connectivity index (χ3v) is 6.51. The number of imide groups is 1. The van der Waals surface area contributed by atoms with E-state index in [-0.39, 0.29) is 11.3 Å². The first-order valence-electron chi connectivity index (χ1n) is 9.79. The summed E-state index contributed by atoms with van der Waals surface area (Å²) >= 11 is 3.34. The number of allylic oxidation sites excluding steroid dienone is 1. The van der Waals surface area contributed by atoms with Crippen LogP contribution in [0.15, 0.2) is 70.3 Å². The maximum atomic E-state index is 13.5. The number of anilines is 1. The van der Waals surface area contributed by atoms with Gasteiger partial charge >= 0.3 is 0 Å². The highest BCUT2D eigenvalue weighted by Gasteiger charge is 2.64. The van der Waals surface area contributed by atoms with Crippen molar-refractivity contribution in [3.05, 3.63) is 80.8 Å². The summed E-state index contributed by atoms with van der Waals surface area (Å²) in [5.41, 5.74) is 0.291. The number of amides is 2. The highest BCUT2D eigenvalue weighted by Crippen LogP contribution is 2.46. The van der Waals surface area contributed by atoms with Gasteiger partial charge in [-0.15, -0.1) is 0 Å². The molecule has 0 aliphatic carbocycles. The Bertz CT molecular complexity index is 1230. The lowest BCUT2D eigenvalue weighted by molar-refractivity contribution is -0.384. The molecule has 5 rings (SSSR count). The third kappa shape index (κ3) is 2.98.